The SMILES string of the molecule is CC(C)(C)OC(=O)NCCOc1cc(C(N)=O)cc(-c2ccccc2OC(F)(F)F)c1. The summed E-state index contributed by atoms with van der Waals surface area (Å²) in [5, 5.41) is 2.51. The van der Waals surface area contributed by atoms with Gasteiger partial charge in [0.1, 0.15) is 23.7 Å². The minimum absolute atomic E-state index is 0.0155. The standard InChI is InChI=1S/C21H23F3N2O5/c1-20(2,3)31-19(28)26-8-9-29-15-11-13(10-14(12-15)18(25)27)16-6-4-5-7-17(16)30-21(22,23)24/h4-7,10-12H,8-9H2,1-3H3,(H2,25,27)(H,26,28). The molecule has 168 valence electrons. The van der Waals surface area contributed by atoms with E-state index in [-0.39, 0.29) is 35.6 Å². The number of amides is 2. The van der Waals surface area contributed by atoms with Gasteiger partial charge < -0.3 is 25.3 Å². The third-order valence-corrected chi connectivity index (χ3v) is 3.65. The zero-order valence-corrected chi connectivity index (χ0v) is 17.2. The fraction of sp³-hybridized carbons (Fsp3) is 0.333. The Hall–Kier alpha value is -3.43. The van der Waals surface area contributed by atoms with E-state index < -0.39 is 29.7 Å². The van der Waals surface area contributed by atoms with Crippen LogP contribution in [0.4, 0.5) is 18.0 Å². The molecule has 2 aromatic rings. The van der Waals surface area contributed by atoms with E-state index in [1.54, 1.807) is 20.8 Å². The third-order valence-electron chi connectivity index (χ3n) is 3.65. The molecular formula is C21H23F3N2O5. The molecule has 0 aromatic heterocycles. The molecule has 10 heteroatoms. The second-order valence-electron chi connectivity index (χ2n) is 7.43. The molecular weight excluding hydrogens is 417 g/mol. The van der Waals surface area contributed by atoms with Gasteiger partial charge in [0.05, 0.1) is 6.54 Å². The molecule has 2 amide bonds. The molecule has 0 unspecified atom stereocenters. The maximum atomic E-state index is 12.7. The van der Waals surface area contributed by atoms with Crippen molar-refractivity contribution in [2.75, 3.05) is 13.2 Å². The molecule has 0 radical (unpaired) electrons. The van der Waals surface area contributed by atoms with E-state index in [1.807, 2.05) is 0 Å². The van der Waals surface area contributed by atoms with Gasteiger partial charge in [-0.1, -0.05) is 18.2 Å². The Morgan fingerprint density at radius 1 is 1.06 bits per heavy atom. The largest absolute Gasteiger partial charge is 0.573 e. The van der Waals surface area contributed by atoms with Crippen molar-refractivity contribution in [1.29, 1.82) is 0 Å². The molecule has 0 aliphatic heterocycles. The van der Waals surface area contributed by atoms with E-state index in [1.165, 1.54) is 36.4 Å². The summed E-state index contributed by atoms with van der Waals surface area (Å²) < 4.78 is 52.9. The molecule has 0 aliphatic carbocycles. The maximum Gasteiger partial charge on any atom is 0.573 e. The molecule has 0 spiro atoms. The van der Waals surface area contributed by atoms with Crippen molar-refractivity contribution >= 4 is 12.0 Å². The number of alkyl carbamates (subject to hydrolysis) is 1. The van der Waals surface area contributed by atoms with Crippen LogP contribution < -0.4 is 20.5 Å². The average molecular weight is 440 g/mol. The van der Waals surface area contributed by atoms with Gasteiger partial charge in [-0.05, 0) is 50.6 Å². The molecule has 0 aliphatic rings. The highest BCUT2D eigenvalue weighted by molar-refractivity contribution is 5.95. The van der Waals surface area contributed by atoms with Crippen molar-refractivity contribution in [3.8, 4) is 22.6 Å². The van der Waals surface area contributed by atoms with Crippen LogP contribution in [0.1, 0.15) is 31.1 Å². The van der Waals surface area contributed by atoms with Gasteiger partial charge >= 0.3 is 12.5 Å². The lowest BCUT2D eigenvalue weighted by atomic mass is 10.0. The van der Waals surface area contributed by atoms with Gasteiger partial charge in [-0.25, -0.2) is 4.79 Å². The van der Waals surface area contributed by atoms with Crippen LogP contribution >= 0.6 is 0 Å². The normalized spacial score (nSPS) is 11.5. The van der Waals surface area contributed by atoms with Crippen LogP contribution in [0.25, 0.3) is 11.1 Å². The highest BCUT2D eigenvalue weighted by Crippen LogP contribution is 2.35. The first-order chi connectivity index (χ1) is 14.3. The van der Waals surface area contributed by atoms with Crippen molar-refractivity contribution < 1.29 is 37.0 Å². The summed E-state index contributed by atoms with van der Waals surface area (Å²) in [6.07, 6.45) is -5.51. The summed E-state index contributed by atoms with van der Waals surface area (Å²) >= 11 is 0. The molecule has 0 saturated carbocycles. The summed E-state index contributed by atoms with van der Waals surface area (Å²) in [6.45, 7) is 5.28. The van der Waals surface area contributed by atoms with Crippen LogP contribution in [0.5, 0.6) is 11.5 Å². The smallest absolute Gasteiger partial charge is 0.492 e. The minimum atomic E-state index is -4.88. The van der Waals surface area contributed by atoms with Gasteiger partial charge in [0.2, 0.25) is 5.91 Å². The number of hydrogen-bond donors (Lipinski definition) is 2. The van der Waals surface area contributed by atoms with Crippen molar-refractivity contribution in [2.45, 2.75) is 32.7 Å². The van der Waals surface area contributed by atoms with Gasteiger partial charge in [0.15, 0.2) is 0 Å². The quantitative estimate of drug-likeness (QED) is 0.627. The predicted octanol–water partition coefficient (Wildman–Crippen LogP) is 4.25. The average Bonchev–Trinajstić information content (AvgIpc) is 2.62. The van der Waals surface area contributed by atoms with Crippen LogP contribution in [-0.4, -0.2) is 37.1 Å². The summed E-state index contributed by atoms with van der Waals surface area (Å²) in [5.41, 5.74) is 5.07. The fourth-order valence-corrected chi connectivity index (χ4v) is 2.54. The Balaban J connectivity index is 2.19. The molecule has 0 fully saturated rings. The highest BCUT2D eigenvalue weighted by Gasteiger charge is 2.32. The molecule has 0 bridgehead atoms. The fourth-order valence-electron chi connectivity index (χ4n) is 2.54. The van der Waals surface area contributed by atoms with Crippen molar-refractivity contribution in [1.82, 2.24) is 5.32 Å². The monoisotopic (exact) mass is 440 g/mol. The number of alkyl halides is 3. The lowest BCUT2D eigenvalue weighted by Crippen LogP contribution is -2.34. The second-order valence-corrected chi connectivity index (χ2v) is 7.43. The summed E-state index contributed by atoms with van der Waals surface area (Å²) in [7, 11) is 0. The number of para-hydroxylation sites is 1. The van der Waals surface area contributed by atoms with Gasteiger partial charge in [-0.2, -0.15) is 0 Å². The van der Waals surface area contributed by atoms with E-state index in [0.717, 1.165) is 6.07 Å². The number of nitrogens with two attached hydrogens (primary N) is 1. The topological polar surface area (TPSA) is 99.9 Å². The van der Waals surface area contributed by atoms with Crippen LogP contribution in [0.15, 0.2) is 42.5 Å². The van der Waals surface area contributed by atoms with E-state index in [4.69, 9.17) is 15.2 Å². The summed E-state index contributed by atoms with van der Waals surface area (Å²) in [6, 6.07) is 9.63. The van der Waals surface area contributed by atoms with Crippen molar-refractivity contribution in [3.63, 3.8) is 0 Å². The number of carbonyl (C=O) groups excluding carboxylic acids is 2. The Morgan fingerprint density at radius 2 is 1.74 bits per heavy atom. The number of halogens is 3. The van der Waals surface area contributed by atoms with Gasteiger partial charge in [-0.15, -0.1) is 13.2 Å². The van der Waals surface area contributed by atoms with Crippen LogP contribution in [0, 0.1) is 0 Å². The van der Waals surface area contributed by atoms with E-state index >= 15 is 0 Å². The number of hydrogen-bond acceptors (Lipinski definition) is 5. The summed E-state index contributed by atoms with van der Waals surface area (Å²) in [4.78, 5) is 23.3. The Bertz CT molecular complexity index is 939. The van der Waals surface area contributed by atoms with Crippen LogP contribution in [0.3, 0.4) is 0 Å². The highest BCUT2D eigenvalue weighted by atomic mass is 19.4. The zero-order valence-electron chi connectivity index (χ0n) is 17.2. The predicted molar refractivity (Wildman–Crippen MR) is 107 cm³/mol. The van der Waals surface area contributed by atoms with Crippen molar-refractivity contribution in [3.05, 3.63) is 48.0 Å². The Morgan fingerprint density at radius 3 is 2.35 bits per heavy atom. The summed E-state index contributed by atoms with van der Waals surface area (Å²) in [5.74, 6) is -1.04. The number of ether oxygens (including phenoxy) is 3. The molecule has 0 heterocycles. The lowest BCUT2D eigenvalue weighted by Gasteiger charge is -2.19. The van der Waals surface area contributed by atoms with Crippen molar-refractivity contribution in [2.24, 2.45) is 5.73 Å². The Labute approximate surface area is 177 Å². The molecule has 3 N–H and O–H groups in total. The van der Waals surface area contributed by atoms with Gasteiger partial charge in [-0.3, -0.25) is 4.79 Å². The number of nitrogens with one attached hydrogen (secondary N) is 1. The molecule has 2 aromatic carbocycles. The number of rotatable bonds is 7. The number of benzene rings is 2. The molecule has 7 nitrogen and oxygen atoms in total. The molecule has 0 saturated heterocycles. The van der Waals surface area contributed by atoms with E-state index in [2.05, 4.69) is 10.1 Å². The minimum Gasteiger partial charge on any atom is -0.492 e. The molecule has 0 atom stereocenters. The lowest BCUT2D eigenvalue weighted by molar-refractivity contribution is -0.274. The molecule has 2 rings (SSSR count). The number of primary amides is 1. The molecule has 31 heavy (non-hydrogen) atoms. The first-order valence-corrected chi connectivity index (χ1v) is 9.24. The first-order valence-electron chi connectivity index (χ1n) is 9.24. The first kappa shape index (κ1) is 23.8. The number of carbonyl (C=O) groups is 2. The third kappa shape index (κ3) is 8.07. The Kier molecular flexibility index (Phi) is 7.37. The van der Waals surface area contributed by atoms with E-state index in [0.29, 0.717) is 0 Å². The van der Waals surface area contributed by atoms with Gasteiger partial charge in [0.25, 0.3) is 0 Å². The van der Waals surface area contributed by atoms with Gasteiger partial charge in [0, 0.05) is 11.1 Å². The van der Waals surface area contributed by atoms with Crippen LogP contribution in [-0.2, 0) is 4.74 Å². The second kappa shape index (κ2) is 9.59. The zero-order chi connectivity index (χ0) is 23.2. The maximum absolute atomic E-state index is 12.7. The van der Waals surface area contributed by atoms with E-state index in [9.17, 15) is 22.8 Å². The van der Waals surface area contributed by atoms with Crippen LogP contribution in [0.2, 0.25) is 0 Å².